The summed E-state index contributed by atoms with van der Waals surface area (Å²) in [6.45, 7) is 0.371. The predicted octanol–water partition coefficient (Wildman–Crippen LogP) is 0.768. The Morgan fingerprint density at radius 2 is 1.94 bits per heavy atom. The van der Waals surface area contributed by atoms with Gasteiger partial charge in [0.2, 0.25) is 0 Å². The van der Waals surface area contributed by atoms with Crippen LogP contribution in [0.3, 0.4) is 0 Å². The van der Waals surface area contributed by atoms with E-state index in [0.717, 1.165) is 5.39 Å². The van der Waals surface area contributed by atoms with E-state index in [1.807, 2.05) is 18.2 Å². The summed E-state index contributed by atoms with van der Waals surface area (Å²) in [5.74, 6) is -0.262. The number of rotatable bonds is 4. The Morgan fingerprint density at radius 1 is 1.22 bits per heavy atom. The molecule has 1 heterocycles. The van der Waals surface area contributed by atoms with Crippen LogP contribution in [-0.2, 0) is 16.7 Å². The van der Waals surface area contributed by atoms with Crippen molar-refractivity contribution in [3.8, 4) is 5.75 Å². The molecule has 0 spiro atoms. The van der Waals surface area contributed by atoms with Gasteiger partial charge in [0, 0.05) is 18.2 Å². The number of hydrogen-bond donors (Lipinski definition) is 1. The Labute approximate surface area is 105 Å². The van der Waals surface area contributed by atoms with Gasteiger partial charge in [-0.25, -0.2) is 8.42 Å². The number of aromatic nitrogens is 1. The fourth-order valence-electron chi connectivity index (χ4n) is 1.92. The van der Waals surface area contributed by atoms with Crippen LogP contribution in [-0.4, -0.2) is 23.8 Å². The van der Waals surface area contributed by atoms with E-state index in [4.69, 9.17) is 0 Å². The first-order valence-corrected chi connectivity index (χ1v) is 7.09. The van der Waals surface area contributed by atoms with Crippen LogP contribution in [0.15, 0.2) is 36.5 Å². The fourth-order valence-corrected chi connectivity index (χ4v) is 2.40. The molecular weight excluding hydrogens is 254 g/mol. The molecule has 18 heavy (non-hydrogen) atoms. The lowest BCUT2D eigenvalue weighted by atomic mass is 10.2. The van der Waals surface area contributed by atoms with Crippen LogP contribution >= 0.6 is 0 Å². The van der Waals surface area contributed by atoms with Gasteiger partial charge in [-0.15, -0.1) is 0 Å². The van der Waals surface area contributed by atoms with Crippen molar-refractivity contribution in [3.05, 3.63) is 36.5 Å². The van der Waals surface area contributed by atoms with Crippen molar-refractivity contribution < 1.29 is 22.6 Å². The molecule has 5 nitrogen and oxygen atoms in total. The molecule has 0 aliphatic heterocycles. The number of fused-ring (bicyclic) bond motifs is 1. The van der Waals surface area contributed by atoms with Gasteiger partial charge in [0.15, 0.2) is 11.9 Å². The Kier molecular flexibility index (Phi) is 3.49. The molecule has 0 aliphatic rings. The molecule has 0 bridgehead atoms. The normalized spacial score (nSPS) is 11.8. The van der Waals surface area contributed by atoms with E-state index in [0.29, 0.717) is 12.1 Å². The van der Waals surface area contributed by atoms with Crippen molar-refractivity contribution in [2.24, 2.45) is 0 Å². The Hall–Kier alpha value is -1.66. The van der Waals surface area contributed by atoms with E-state index in [1.165, 1.54) is 0 Å². The standard InChI is InChI=1S/C12H13NO4S/c14-11-6-1-4-10-5-2-7-13(12(10)11)8-3-9-18(15,16)17/h1-2,4-7H,3,8-9H2,(H-,14,15,16,17). The maximum Gasteiger partial charge on any atom is 0.254 e. The van der Waals surface area contributed by atoms with Crippen LogP contribution in [0.25, 0.3) is 10.9 Å². The van der Waals surface area contributed by atoms with Gasteiger partial charge in [-0.1, -0.05) is 6.07 Å². The van der Waals surface area contributed by atoms with Crippen LogP contribution in [0.4, 0.5) is 0 Å². The van der Waals surface area contributed by atoms with Crippen molar-refractivity contribution >= 4 is 21.0 Å². The quantitative estimate of drug-likeness (QED) is 0.655. The summed E-state index contributed by atoms with van der Waals surface area (Å²) in [5.41, 5.74) is 0.642. The molecule has 0 radical (unpaired) electrons. The van der Waals surface area contributed by atoms with Gasteiger partial charge in [0.25, 0.3) is 5.52 Å². The number of nitrogens with zero attached hydrogens (tertiary/aromatic N) is 1. The van der Waals surface area contributed by atoms with Crippen LogP contribution in [0.1, 0.15) is 6.42 Å². The molecule has 96 valence electrons. The molecule has 0 fully saturated rings. The van der Waals surface area contributed by atoms with Crippen molar-refractivity contribution in [2.45, 2.75) is 13.0 Å². The lowest BCUT2D eigenvalue weighted by Crippen LogP contribution is -2.35. The molecule has 6 heteroatoms. The van der Waals surface area contributed by atoms with Gasteiger partial charge in [-0.05, 0) is 18.2 Å². The average Bonchev–Trinajstić information content (AvgIpc) is 2.27. The second-order valence-electron chi connectivity index (χ2n) is 4.03. The first-order valence-electron chi connectivity index (χ1n) is 5.51. The zero-order valence-electron chi connectivity index (χ0n) is 9.61. The van der Waals surface area contributed by atoms with E-state index in [-0.39, 0.29) is 12.2 Å². The number of para-hydroxylation sites is 1. The molecule has 0 saturated heterocycles. The first-order chi connectivity index (χ1) is 8.47. The summed E-state index contributed by atoms with van der Waals surface area (Å²) in [5, 5.41) is 10.7. The Balaban J connectivity index is 2.28. The van der Waals surface area contributed by atoms with Crippen LogP contribution in [0, 0.1) is 0 Å². The molecule has 1 N–H and O–H groups in total. The summed E-state index contributed by atoms with van der Waals surface area (Å²) in [4.78, 5) is 0. The third-order valence-electron chi connectivity index (χ3n) is 2.67. The van der Waals surface area contributed by atoms with E-state index < -0.39 is 15.9 Å². The highest BCUT2D eigenvalue weighted by molar-refractivity contribution is 7.85. The van der Waals surface area contributed by atoms with Gasteiger partial charge in [-0.2, -0.15) is 4.57 Å². The second kappa shape index (κ2) is 4.91. The predicted molar refractivity (Wildman–Crippen MR) is 65.0 cm³/mol. The number of benzene rings is 1. The number of aryl methyl sites for hydroxylation is 1. The zero-order valence-corrected chi connectivity index (χ0v) is 10.4. The average molecular weight is 267 g/mol. The minimum atomic E-state index is -4.18. The van der Waals surface area contributed by atoms with Gasteiger partial charge < -0.3 is 9.66 Å². The van der Waals surface area contributed by atoms with Crippen molar-refractivity contribution in [1.29, 1.82) is 0 Å². The Bertz CT molecular complexity index is 662. The monoisotopic (exact) mass is 267 g/mol. The number of phenolic OH excluding ortho intramolecular Hbond substituents is 1. The summed E-state index contributed by atoms with van der Waals surface area (Å²) in [6.07, 6.45) is 1.98. The molecule has 1 aromatic heterocycles. The number of phenols is 1. The summed E-state index contributed by atoms with van der Waals surface area (Å²) in [7, 11) is -4.18. The Morgan fingerprint density at radius 3 is 2.67 bits per heavy atom. The van der Waals surface area contributed by atoms with E-state index in [1.54, 1.807) is 22.9 Å². The first kappa shape index (κ1) is 12.8. The molecule has 0 atom stereocenters. The lowest BCUT2D eigenvalue weighted by Gasteiger charge is -2.05. The van der Waals surface area contributed by atoms with Crippen LogP contribution in [0.2, 0.25) is 0 Å². The summed E-state index contributed by atoms with van der Waals surface area (Å²) >= 11 is 0. The van der Waals surface area contributed by atoms with E-state index in [9.17, 15) is 18.1 Å². The number of pyridine rings is 1. The minimum Gasteiger partial charge on any atom is -0.748 e. The fraction of sp³-hybridized carbons (Fsp3) is 0.250. The molecule has 2 aromatic rings. The van der Waals surface area contributed by atoms with Crippen molar-refractivity contribution in [1.82, 2.24) is 0 Å². The molecule has 0 aliphatic carbocycles. The van der Waals surface area contributed by atoms with Gasteiger partial charge >= 0.3 is 0 Å². The van der Waals surface area contributed by atoms with E-state index >= 15 is 0 Å². The molecule has 0 saturated carbocycles. The second-order valence-corrected chi connectivity index (χ2v) is 5.56. The third kappa shape index (κ3) is 2.96. The SMILES string of the molecule is O=S(=O)([O-])CCC[n+]1cccc2cccc(O)c21. The van der Waals surface area contributed by atoms with Crippen molar-refractivity contribution in [2.75, 3.05) is 5.75 Å². The third-order valence-corrected chi connectivity index (χ3v) is 3.46. The minimum absolute atomic E-state index is 0.137. The zero-order chi connectivity index (χ0) is 13.2. The lowest BCUT2D eigenvalue weighted by molar-refractivity contribution is -0.671. The molecule has 0 amide bonds. The van der Waals surface area contributed by atoms with Gasteiger partial charge in [0.05, 0.1) is 15.5 Å². The van der Waals surface area contributed by atoms with Crippen LogP contribution in [0.5, 0.6) is 5.75 Å². The number of hydrogen-bond acceptors (Lipinski definition) is 4. The highest BCUT2D eigenvalue weighted by atomic mass is 32.2. The van der Waals surface area contributed by atoms with Gasteiger partial charge in [-0.3, -0.25) is 0 Å². The summed E-state index contributed by atoms with van der Waals surface area (Å²) in [6, 6.07) is 8.84. The smallest absolute Gasteiger partial charge is 0.254 e. The molecule has 2 rings (SSSR count). The van der Waals surface area contributed by atoms with Crippen LogP contribution < -0.4 is 4.57 Å². The molecule has 1 aromatic carbocycles. The van der Waals surface area contributed by atoms with E-state index in [2.05, 4.69) is 0 Å². The molecular formula is C12H13NO4S. The van der Waals surface area contributed by atoms with Crippen molar-refractivity contribution in [3.63, 3.8) is 0 Å². The topological polar surface area (TPSA) is 81.3 Å². The highest BCUT2D eigenvalue weighted by Gasteiger charge is 2.12. The maximum absolute atomic E-state index is 10.5. The molecule has 0 unspecified atom stereocenters. The maximum atomic E-state index is 10.5. The summed E-state index contributed by atoms with van der Waals surface area (Å²) < 4.78 is 33.4. The number of aromatic hydroxyl groups is 1. The largest absolute Gasteiger partial charge is 0.748 e. The highest BCUT2D eigenvalue weighted by Crippen LogP contribution is 2.20. The van der Waals surface area contributed by atoms with Gasteiger partial charge in [0.1, 0.15) is 6.54 Å².